The molecule has 5 aromatic rings. The summed E-state index contributed by atoms with van der Waals surface area (Å²) in [5, 5.41) is 12.3. The molecule has 9 nitrogen and oxygen atoms in total. The molecule has 0 spiro atoms. The first-order valence-electron chi connectivity index (χ1n) is 9.95. The fourth-order valence-electron chi connectivity index (χ4n) is 3.12. The molecule has 3 aromatic heterocycles. The van der Waals surface area contributed by atoms with Gasteiger partial charge >= 0.3 is 0 Å². The highest BCUT2D eigenvalue weighted by molar-refractivity contribution is 7.92. The molecule has 10 heteroatoms. The second-order valence-corrected chi connectivity index (χ2v) is 8.68. The highest BCUT2D eigenvalue weighted by atomic mass is 32.2. The smallest absolute Gasteiger partial charge is 0.261 e. The molecule has 0 radical (unpaired) electrons. The van der Waals surface area contributed by atoms with E-state index in [0.717, 1.165) is 5.69 Å². The van der Waals surface area contributed by atoms with Gasteiger partial charge in [-0.2, -0.15) is 5.10 Å². The summed E-state index contributed by atoms with van der Waals surface area (Å²) in [5.41, 5.74) is 1.18. The SMILES string of the molecule is O=S(=O)(Nc1ccc(Oc2ccc(-n3cccc3)nn2)cc1)c1ccc(-n2cccn2)cc1. The zero-order valence-electron chi connectivity index (χ0n) is 17.2. The van der Waals surface area contributed by atoms with Crippen LogP contribution in [0.2, 0.25) is 0 Å². The first-order chi connectivity index (χ1) is 16.1. The number of aromatic nitrogens is 5. The fourth-order valence-corrected chi connectivity index (χ4v) is 4.18. The highest BCUT2D eigenvalue weighted by Crippen LogP contribution is 2.23. The monoisotopic (exact) mass is 458 g/mol. The third-order valence-electron chi connectivity index (χ3n) is 4.74. The molecule has 1 N–H and O–H groups in total. The molecule has 5 rings (SSSR count). The van der Waals surface area contributed by atoms with E-state index >= 15 is 0 Å². The van der Waals surface area contributed by atoms with Crippen LogP contribution in [0.3, 0.4) is 0 Å². The van der Waals surface area contributed by atoms with Crippen molar-refractivity contribution in [2.45, 2.75) is 4.90 Å². The molecule has 0 saturated carbocycles. The van der Waals surface area contributed by atoms with E-state index in [0.29, 0.717) is 23.1 Å². The van der Waals surface area contributed by atoms with Crippen LogP contribution >= 0.6 is 0 Å². The number of hydrogen-bond acceptors (Lipinski definition) is 6. The van der Waals surface area contributed by atoms with Gasteiger partial charge in [0.15, 0.2) is 5.82 Å². The largest absolute Gasteiger partial charge is 0.438 e. The summed E-state index contributed by atoms with van der Waals surface area (Å²) >= 11 is 0. The Balaban J connectivity index is 1.24. The lowest BCUT2D eigenvalue weighted by atomic mass is 10.3. The molecule has 0 aliphatic rings. The first kappa shape index (κ1) is 20.5. The van der Waals surface area contributed by atoms with Gasteiger partial charge in [0.2, 0.25) is 5.88 Å². The van der Waals surface area contributed by atoms with E-state index in [-0.39, 0.29) is 4.90 Å². The van der Waals surface area contributed by atoms with Crippen LogP contribution in [0, 0.1) is 0 Å². The molecule has 0 fully saturated rings. The molecule has 2 aromatic carbocycles. The number of nitrogens with zero attached hydrogens (tertiary/aromatic N) is 5. The maximum absolute atomic E-state index is 12.7. The number of hydrogen-bond donors (Lipinski definition) is 1. The lowest BCUT2D eigenvalue weighted by Gasteiger charge is -2.10. The molecule has 0 bridgehead atoms. The van der Waals surface area contributed by atoms with Gasteiger partial charge in [-0.25, -0.2) is 13.1 Å². The molecule has 0 amide bonds. The van der Waals surface area contributed by atoms with Gasteiger partial charge in [-0.3, -0.25) is 4.72 Å². The van der Waals surface area contributed by atoms with Gasteiger partial charge in [-0.15, -0.1) is 10.2 Å². The van der Waals surface area contributed by atoms with E-state index in [9.17, 15) is 8.42 Å². The lowest BCUT2D eigenvalue weighted by Crippen LogP contribution is -2.13. The van der Waals surface area contributed by atoms with Crippen LogP contribution in [0.4, 0.5) is 5.69 Å². The predicted molar refractivity (Wildman–Crippen MR) is 122 cm³/mol. The minimum Gasteiger partial charge on any atom is -0.438 e. The maximum atomic E-state index is 12.7. The molecule has 0 saturated heterocycles. The lowest BCUT2D eigenvalue weighted by molar-refractivity contribution is 0.454. The van der Waals surface area contributed by atoms with Gasteiger partial charge in [0.1, 0.15) is 5.75 Å². The summed E-state index contributed by atoms with van der Waals surface area (Å²) in [6, 6.07) is 22.1. The topological polar surface area (TPSA) is 104 Å². The Hall–Kier alpha value is -4.44. The van der Waals surface area contributed by atoms with Crippen LogP contribution in [0.5, 0.6) is 11.6 Å². The molecule has 0 aliphatic heterocycles. The number of nitrogens with one attached hydrogen (secondary N) is 1. The summed E-state index contributed by atoms with van der Waals surface area (Å²) in [6.45, 7) is 0. The molecule has 164 valence electrons. The Morgan fingerprint density at radius 3 is 2.18 bits per heavy atom. The summed E-state index contributed by atoms with van der Waals surface area (Å²) in [5.74, 6) is 1.51. The molecule has 3 heterocycles. The minimum absolute atomic E-state index is 0.150. The van der Waals surface area contributed by atoms with Crippen molar-refractivity contribution in [3.05, 3.63) is 104 Å². The first-order valence-corrected chi connectivity index (χ1v) is 11.4. The molecule has 0 atom stereocenters. The van der Waals surface area contributed by atoms with E-state index in [2.05, 4.69) is 20.0 Å². The van der Waals surface area contributed by atoms with Crippen molar-refractivity contribution in [2.24, 2.45) is 0 Å². The number of rotatable bonds is 7. The van der Waals surface area contributed by atoms with Crippen molar-refractivity contribution < 1.29 is 13.2 Å². The Labute approximate surface area is 190 Å². The number of anilines is 1. The van der Waals surface area contributed by atoms with Gasteiger partial charge < -0.3 is 9.30 Å². The van der Waals surface area contributed by atoms with E-state index < -0.39 is 10.0 Å². The molecule has 33 heavy (non-hydrogen) atoms. The van der Waals surface area contributed by atoms with Crippen LogP contribution in [0.1, 0.15) is 0 Å². The average molecular weight is 459 g/mol. The van der Waals surface area contributed by atoms with Crippen molar-refractivity contribution in [1.82, 2.24) is 24.5 Å². The fraction of sp³-hybridized carbons (Fsp3) is 0. The Morgan fingerprint density at radius 2 is 1.55 bits per heavy atom. The van der Waals surface area contributed by atoms with Gasteiger partial charge in [0.05, 0.1) is 10.6 Å². The number of sulfonamides is 1. The van der Waals surface area contributed by atoms with E-state index in [4.69, 9.17) is 4.74 Å². The third-order valence-corrected chi connectivity index (χ3v) is 6.14. The highest BCUT2D eigenvalue weighted by Gasteiger charge is 2.14. The number of ether oxygens (including phenoxy) is 1. The van der Waals surface area contributed by atoms with E-state index in [1.807, 2.05) is 29.1 Å². The van der Waals surface area contributed by atoms with E-state index in [1.54, 1.807) is 71.7 Å². The Kier molecular flexibility index (Phi) is 5.33. The van der Waals surface area contributed by atoms with Gasteiger partial charge in [-0.05, 0) is 72.8 Å². The Bertz CT molecular complexity index is 1430. The van der Waals surface area contributed by atoms with Crippen molar-refractivity contribution in [1.29, 1.82) is 0 Å². The van der Waals surface area contributed by atoms with Crippen molar-refractivity contribution in [2.75, 3.05) is 4.72 Å². The normalized spacial score (nSPS) is 11.3. The summed E-state index contributed by atoms with van der Waals surface area (Å²) in [7, 11) is -3.74. The predicted octanol–water partition coefficient (Wildman–Crippen LogP) is 4.05. The average Bonchev–Trinajstić information content (AvgIpc) is 3.56. The summed E-state index contributed by atoms with van der Waals surface area (Å²) in [6.07, 6.45) is 7.19. The van der Waals surface area contributed by atoms with Crippen LogP contribution in [0.15, 0.2) is 109 Å². The number of benzene rings is 2. The second-order valence-electron chi connectivity index (χ2n) is 7.00. The van der Waals surface area contributed by atoms with Gasteiger partial charge in [-0.1, -0.05) is 0 Å². The van der Waals surface area contributed by atoms with Crippen molar-refractivity contribution in [3.63, 3.8) is 0 Å². The van der Waals surface area contributed by atoms with Crippen molar-refractivity contribution in [3.8, 4) is 23.1 Å². The summed E-state index contributed by atoms with van der Waals surface area (Å²) in [4.78, 5) is 0.150. The van der Waals surface area contributed by atoms with E-state index in [1.165, 1.54) is 12.1 Å². The van der Waals surface area contributed by atoms with Crippen molar-refractivity contribution >= 4 is 15.7 Å². The quantitative estimate of drug-likeness (QED) is 0.395. The third kappa shape index (κ3) is 4.60. The maximum Gasteiger partial charge on any atom is 0.261 e. The second kappa shape index (κ2) is 8.60. The van der Waals surface area contributed by atoms with Crippen LogP contribution < -0.4 is 9.46 Å². The molecular formula is C23H18N6O3S. The standard InChI is InChI=1S/C23H18N6O3S/c30-33(31,21-10-6-19(7-11-21)29-17-3-14-24-29)27-18-4-8-20(9-5-18)32-23-13-12-22(25-26-23)28-15-1-2-16-28/h1-17,27H. The Morgan fingerprint density at radius 1 is 0.788 bits per heavy atom. The summed E-state index contributed by atoms with van der Waals surface area (Å²) < 4.78 is 37.2. The molecule has 0 aliphatic carbocycles. The van der Waals surface area contributed by atoms with Gasteiger partial charge in [0.25, 0.3) is 10.0 Å². The molecular weight excluding hydrogens is 440 g/mol. The zero-order chi connectivity index (χ0) is 22.7. The molecule has 0 unspecified atom stereocenters. The zero-order valence-corrected chi connectivity index (χ0v) is 18.0. The van der Waals surface area contributed by atoms with Crippen LogP contribution in [-0.4, -0.2) is 33.0 Å². The van der Waals surface area contributed by atoms with Crippen LogP contribution in [0.25, 0.3) is 11.5 Å². The van der Waals surface area contributed by atoms with Crippen LogP contribution in [-0.2, 0) is 10.0 Å². The minimum atomic E-state index is -3.74. The van der Waals surface area contributed by atoms with Gasteiger partial charge in [0, 0.05) is 36.5 Å².